The lowest BCUT2D eigenvalue weighted by Crippen LogP contribution is -2.51. The molecule has 0 bridgehead atoms. The molecule has 0 unspecified atom stereocenters. The summed E-state index contributed by atoms with van der Waals surface area (Å²) in [5.74, 6) is 1.33. The van der Waals surface area contributed by atoms with Crippen LogP contribution in [0.3, 0.4) is 0 Å². The summed E-state index contributed by atoms with van der Waals surface area (Å²) in [5.41, 5.74) is 0. The zero-order valence-electron chi connectivity index (χ0n) is 19.4. The molecule has 2 saturated heterocycles. The SMILES string of the molecule is COc1ccc(OCC(=O)[C@@H]2CCCN2C(=O)[C@H]2CCCN2C(=O)CSc2ccccc2)cc1. The van der Waals surface area contributed by atoms with Gasteiger partial charge in [-0.15, -0.1) is 11.8 Å². The topological polar surface area (TPSA) is 76.2 Å². The average molecular weight is 483 g/mol. The van der Waals surface area contributed by atoms with Crippen molar-refractivity contribution < 1.29 is 23.9 Å². The Morgan fingerprint density at radius 1 is 0.882 bits per heavy atom. The quantitative estimate of drug-likeness (QED) is 0.510. The van der Waals surface area contributed by atoms with Crippen LogP contribution < -0.4 is 9.47 Å². The summed E-state index contributed by atoms with van der Waals surface area (Å²) in [6.07, 6.45) is 2.84. The first kappa shape index (κ1) is 24.1. The molecule has 2 heterocycles. The number of likely N-dealkylation sites (tertiary alicyclic amines) is 2. The molecule has 2 fully saturated rings. The molecule has 0 radical (unpaired) electrons. The van der Waals surface area contributed by atoms with Crippen molar-refractivity contribution in [3.8, 4) is 11.5 Å². The summed E-state index contributed by atoms with van der Waals surface area (Å²) in [4.78, 5) is 43.6. The minimum Gasteiger partial charge on any atom is -0.497 e. The Kier molecular flexibility index (Phi) is 8.11. The van der Waals surface area contributed by atoms with Gasteiger partial charge in [-0.3, -0.25) is 14.4 Å². The fourth-order valence-corrected chi connectivity index (χ4v) is 5.35. The lowest BCUT2D eigenvalue weighted by molar-refractivity contribution is -0.145. The Morgan fingerprint density at radius 2 is 1.53 bits per heavy atom. The van der Waals surface area contributed by atoms with E-state index < -0.39 is 12.1 Å². The van der Waals surface area contributed by atoms with E-state index in [1.807, 2.05) is 30.3 Å². The monoisotopic (exact) mass is 482 g/mol. The highest BCUT2D eigenvalue weighted by atomic mass is 32.2. The van der Waals surface area contributed by atoms with Crippen molar-refractivity contribution >= 4 is 29.4 Å². The molecule has 2 aliphatic heterocycles. The predicted molar refractivity (Wildman–Crippen MR) is 130 cm³/mol. The van der Waals surface area contributed by atoms with Crippen molar-refractivity contribution in [2.45, 2.75) is 42.7 Å². The van der Waals surface area contributed by atoms with Crippen molar-refractivity contribution in [1.82, 2.24) is 9.80 Å². The smallest absolute Gasteiger partial charge is 0.245 e. The Bertz CT molecular complexity index is 998. The third kappa shape index (κ3) is 5.73. The molecule has 2 aromatic carbocycles. The molecule has 7 nitrogen and oxygen atoms in total. The summed E-state index contributed by atoms with van der Waals surface area (Å²) in [5, 5.41) is 0. The highest BCUT2D eigenvalue weighted by Gasteiger charge is 2.41. The molecule has 0 aliphatic carbocycles. The number of methoxy groups -OCH3 is 1. The Morgan fingerprint density at radius 3 is 2.24 bits per heavy atom. The van der Waals surface area contributed by atoms with E-state index in [2.05, 4.69) is 0 Å². The predicted octanol–water partition coefficient (Wildman–Crippen LogP) is 3.42. The minimum atomic E-state index is -0.498. The van der Waals surface area contributed by atoms with Gasteiger partial charge in [-0.1, -0.05) is 18.2 Å². The van der Waals surface area contributed by atoms with Crippen LogP contribution in [0.4, 0.5) is 0 Å². The van der Waals surface area contributed by atoms with Crippen molar-refractivity contribution in [3.63, 3.8) is 0 Å². The maximum absolute atomic E-state index is 13.4. The van der Waals surface area contributed by atoms with E-state index in [1.54, 1.807) is 41.2 Å². The van der Waals surface area contributed by atoms with Gasteiger partial charge in [-0.2, -0.15) is 0 Å². The zero-order chi connectivity index (χ0) is 23.9. The number of amides is 2. The fourth-order valence-electron chi connectivity index (χ4n) is 4.55. The molecular formula is C26H30N2O5S. The standard InChI is InChI=1S/C26H30N2O5S/c1-32-19-11-13-20(14-12-19)33-17-24(29)22-9-5-16-28(22)26(31)23-10-6-15-27(23)25(30)18-34-21-7-3-2-4-8-21/h2-4,7-8,11-14,22-23H,5-6,9-10,15-18H2,1H3/t22-,23+/m0/s1. The summed E-state index contributed by atoms with van der Waals surface area (Å²) in [7, 11) is 1.59. The number of benzene rings is 2. The molecule has 0 saturated carbocycles. The number of ether oxygens (including phenoxy) is 2. The molecular weight excluding hydrogens is 452 g/mol. The summed E-state index contributed by atoms with van der Waals surface area (Å²) >= 11 is 1.48. The van der Waals surface area contributed by atoms with Crippen LogP contribution in [-0.2, 0) is 14.4 Å². The van der Waals surface area contributed by atoms with Crippen LogP contribution >= 0.6 is 11.8 Å². The number of hydrogen-bond donors (Lipinski definition) is 0. The molecule has 2 atom stereocenters. The maximum atomic E-state index is 13.4. The first-order valence-corrected chi connectivity index (χ1v) is 12.6. The second kappa shape index (κ2) is 11.4. The van der Waals surface area contributed by atoms with E-state index >= 15 is 0 Å². The first-order chi connectivity index (χ1) is 16.6. The maximum Gasteiger partial charge on any atom is 0.245 e. The highest BCUT2D eigenvalue weighted by Crippen LogP contribution is 2.27. The van der Waals surface area contributed by atoms with Crippen molar-refractivity contribution in [2.24, 2.45) is 0 Å². The van der Waals surface area contributed by atoms with E-state index in [0.717, 1.165) is 17.7 Å². The Labute approximate surface area is 204 Å². The van der Waals surface area contributed by atoms with Crippen molar-refractivity contribution in [1.29, 1.82) is 0 Å². The number of hydrogen-bond acceptors (Lipinski definition) is 6. The lowest BCUT2D eigenvalue weighted by atomic mass is 10.1. The normalized spacial score (nSPS) is 19.8. The van der Waals surface area contributed by atoms with Crippen LogP contribution in [-0.4, -0.2) is 72.0 Å². The number of Topliss-reactive ketones (excluding diaryl/α,β-unsaturated/α-hetero) is 1. The molecule has 2 aliphatic rings. The van der Waals surface area contributed by atoms with E-state index in [-0.39, 0.29) is 24.2 Å². The molecule has 34 heavy (non-hydrogen) atoms. The van der Waals surface area contributed by atoms with Crippen LogP contribution in [0.2, 0.25) is 0 Å². The number of ketones is 1. The van der Waals surface area contributed by atoms with Gasteiger partial charge >= 0.3 is 0 Å². The van der Waals surface area contributed by atoms with Gasteiger partial charge in [0.15, 0.2) is 5.78 Å². The van der Waals surface area contributed by atoms with E-state index in [0.29, 0.717) is 43.2 Å². The molecule has 0 N–H and O–H groups in total. The molecule has 2 amide bonds. The number of rotatable bonds is 9. The van der Waals surface area contributed by atoms with E-state index in [1.165, 1.54) is 11.8 Å². The second-order valence-corrected chi connectivity index (χ2v) is 9.52. The molecule has 8 heteroatoms. The molecule has 0 spiro atoms. The summed E-state index contributed by atoms with van der Waals surface area (Å²) in [6, 6.07) is 15.8. The Balaban J connectivity index is 1.33. The van der Waals surface area contributed by atoms with Gasteiger partial charge in [0, 0.05) is 18.0 Å². The van der Waals surface area contributed by atoms with Gasteiger partial charge in [0.2, 0.25) is 11.8 Å². The largest absolute Gasteiger partial charge is 0.497 e. The third-order valence-corrected chi connectivity index (χ3v) is 7.31. The molecule has 0 aromatic heterocycles. The van der Waals surface area contributed by atoms with Gasteiger partial charge in [0.05, 0.1) is 18.9 Å². The molecule has 180 valence electrons. The van der Waals surface area contributed by atoms with Crippen LogP contribution in [0.25, 0.3) is 0 Å². The van der Waals surface area contributed by atoms with Crippen LogP contribution in [0.1, 0.15) is 25.7 Å². The van der Waals surface area contributed by atoms with Crippen LogP contribution in [0.15, 0.2) is 59.5 Å². The minimum absolute atomic E-state index is 0.0328. The number of nitrogens with zero attached hydrogens (tertiary/aromatic N) is 2. The van der Waals surface area contributed by atoms with E-state index in [4.69, 9.17) is 9.47 Å². The summed E-state index contributed by atoms with van der Waals surface area (Å²) < 4.78 is 10.8. The van der Waals surface area contributed by atoms with Crippen LogP contribution in [0.5, 0.6) is 11.5 Å². The van der Waals surface area contributed by atoms with Gasteiger partial charge in [0.1, 0.15) is 24.1 Å². The summed E-state index contributed by atoms with van der Waals surface area (Å²) in [6.45, 7) is 1.02. The fraction of sp³-hybridized carbons (Fsp3) is 0.423. The van der Waals surface area contributed by atoms with E-state index in [9.17, 15) is 14.4 Å². The number of carbonyl (C=O) groups excluding carboxylic acids is 3. The first-order valence-electron chi connectivity index (χ1n) is 11.6. The van der Waals surface area contributed by atoms with Crippen LogP contribution in [0, 0.1) is 0 Å². The average Bonchev–Trinajstić information content (AvgIpc) is 3.57. The second-order valence-electron chi connectivity index (χ2n) is 8.47. The Hall–Kier alpha value is -3.00. The van der Waals surface area contributed by atoms with Crippen molar-refractivity contribution in [2.75, 3.05) is 32.6 Å². The van der Waals surface area contributed by atoms with Gasteiger partial charge < -0.3 is 19.3 Å². The zero-order valence-corrected chi connectivity index (χ0v) is 20.2. The lowest BCUT2D eigenvalue weighted by Gasteiger charge is -2.31. The molecule has 2 aromatic rings. The van der Waals surface area contributed by atoms with Gasteiger partial charge in [-0.05, 0) is 62.1 Å². The number of thioether (sulfide) groups is 1. The van der Waals surface area contributed by atoms with Gasteiger partial charge in [-0.25, -0.2) is 0 Å². The number of carbonyl (C=O) groups is 3. The van der Waals surface area contributed by atoms with Gasteiger partial charge in [0.25, 0.3) is 0 Å². The highest BCUT2D eigenvalue weighted by molar-refractivity contribution is 8.00. The molecule has 4 rings (SSSR count). The third-order valence-electron chi connectivity index (χ3n) is 6.31. The van der Waals surface area contributed by atoms with Crippen molar-refractivity contribution in [3.05, 3.63) is 54.6 Å².